The summed E-state index contributed by atoms with van der Waals surface area (Å²) in [6.45, 7) is 1.23. The first-order valence-electron chi connectivity index (χ1n) is 4.43. The van der Waals surface area contributed by atoms with Crippen LogP contribution in [-0.2, 0) is 19.9 Å². The largest absolute Gasteiger partial charge is 0.383 e. The fraction of sp³-hybridized carbons (Fsp3) is 0.400. The molecule has 1 aromatic rings. The maximum Gasteiger partial charge on any atom is 0.264 e. The van der Waals surface area contributed by atoms with Gasteiger partial charge in [-0.3, -0.25) is 4.18 Å². The SMILES string of the molecule is CC(O)(COS(C)(=O)=O)c1ccccc1. The highest BCUT2D eigenvalue weighted by Gasteiger charge is 2.24. The summed E-state index contributed by atoms with van der Waals surface area (Å²) in [5, 5.41) is 9.96. The van der Waals surface area contributed by atoms with E-state index in [-0.39, 0.29) is 6.61 Å². The molecule has 0 heterocycles. The number of rotatable bonds is 4. The van der Waals surface area contributed by atoms with E-state index >= 15 is 0 Å². The molecule has 0 aromatic heterocycles. The molecule has 0 saturated heterocycles. The van der Waals surface area contributed by atoms with Gasteiger partial charge in [0.05, 0.1) is 12.9 Å². The summed E-state index contributed by atoms with van der Waals surface area (Å²) in [5.74, 6) is 0. The van der Waals surface area contributed by atoms with Gasteiger partial charge < -0.3 is 5.11 Å². The van der Waals surface area contributed by atoms with Gasteiger partial charge in [0, 0.05) is 0 Å². The van der Waals surface area contributed by atoms with Crippen LogP contribution in [-0.4, -0.2) is 26.4 Å². The highest BCUT2D eigenvalue weighted by molar-refractivity contribution is 7.85. The Morgan fingerprint density at radius 2 is 1.87 bits per heavy atom. The predicted octanol–water partition coefficient (Wildman–Crippen LogP) is 0.870. The standard InChI is InChI=1S/C10H14O4S/c1-10(11,8-14-15(2,12)13)9-6-4-3-5-7-9/h3-7,11H,8H2,1-2H3. The average Bonchev–Trinajstić information content (AvgIpc) is 2.16. The third kappa shape index (κ3) is 3.99. The zero-order valence-electron chi connectivity index (χ0n) is 8.67. The molecule has 1 rings (SSSR count). The second-order valence-electron chi connectivity index (χ2n) is 3.61. The van der Waals surface area contributed by atoms with E-state index < -0.39 is 15.7 Å². The van der Waals surface area contributed by atoms with E-state index in [9.17, 15) is 13.5 Å². The molecule has 0 aliphatic carbocycles. The lowest BCUT2D eigenvalue weighted by atomic mass is 9.97. The lowest BCUT2D eigenvalue weighted by Crippen LogP contribution is -2.29. The third-order valence-electron chi connectivity index (χ3n) is 1.95. The molecule has 0 spiro atoms. The molecule has 4 nitrogen and oxygen atoms in total. The summed E-state index contributed by atoms with van der Waals surface area (Å²) in [6.07, 6.45) is 0.952. The highest BCUT2D eigenvalue weighted by atomic mass is 32.2. The molecule has 0 radical (unpaired) electrons. The first kappa shape index (κ1) is 12.2. The van der Waals surface area contributed by atoms with E-state index in [4.69, 9.17) is 0 Å². The molecule has 1 unspecified atom stereocenters. The molecule has 1 aromatic carbocycles. The van der Waals surface area contributed by atoms with Crippen molar-refractivity contribution in [3.8, 4) is 0 Å². The van der Waals surface area contributed by atoms with E-state index in [2.05, 4.69) is 4.18 Å². The summed E-state index contributed by atoms with van der Waals surface area (Å²) in [4.78, 5) is 0. The second-order valence-corrected chi connectivity index (χ2v) is 5.25. The summed E-state index contributed by atoms with van der Waals surface area (Å²) in [6, 6.07) is 8.78. The molecule has 1 N–H and O–H groups in total. The first-order valence-corrected chi connectivity index (χ1v) is 6.25. The van der Waals surface area contributed by atoms with Crippen LogP contribution in [0.2, 0.25) is 0 Å². The van der Waals surface area contributed by atoms with E-state index in [1.54, 1.807) is 24.3 Å². The van der Waals surface area contributed by atoms with Crippen molar-refractivity contribution in [3.05, 3.63) is 35.9 Å². The second kappa shape index (κ2) is 4.30. The minimum Gasteiger partial charge on any atom is -0.383 e. The van der Waals surface area contributed by atoms with Crippen molar-refractivity contribution >= 4 is 10.1 Å². The van der Waals surface area contributed by atoms with Gasteiger partial charge >= 0.3 is 0 Å². The Morgan fingerprint density at radius 1 is 1.33 bits per heavy atom. The van der Waals surface area contributed by atoms with Crippen molar-refractivity contribution < 1.29 is 17.7 Å². The molecule has 84 valence electrons. The van der Waals surface area contributed by atoms with E-state index in [1.807, 2.05) is 6.07 Å². The Labute approximate surface area is 89.6 Å². The van der Waals surface area contributed by atoms with Gasteiger partial charge in [0.25, 0.3) is 10.1 Å². The fourth-order valence-corrected chi connectivity index (χ4v) is 1.55. The van der Waals surface area contributed by atoms with Crippen molar-refractivity contribution in [2.45, 2.75) is 12.5 Å². The van der Waals surface area contributed by atoms with Crippen LogP contribution >= 0.6 is 0 Å². The molecular formula is C10H14O4S. The minimum atomic E-state index is -3.53. The van der Waals surface area contributed by atoms with Gasteiger partial charge in [-0.05, 0) is 12.5 Å². The van der Waals surface area contributed by atoms with Gasteiger partial charge in [-0.25, -0.2) is 0 Å². The van der Waals surface area contributed by atoms with Crippen LogP contribution in [0.25, 0.3) is 0 Å². The maximum absolute atomic E-state index is 10.8. The molecule has 0 amide bonds. The number of aliphatic hydroxyl groups is 1. The normalized spacial score (nSPS) is 15.9. The topological polar surface area (TPSA) is 63.6 Å². The smallest absolute Gasteiger partial charge is 0.264 e. The maximum atomic E-state index is 10.8. The predicted molar refractivity (Wildman–Crippen MR) is 56.8 cm³/mol. The van der Waals surface area contributed by atoms with Crippen LogP contribution in [0, 0.1) is 0 Å². The number of hydrogen-bond acceptors (Lipinski definition) is 4. The lowest BCUT2D eigenvalue weighted by molar-refractivity contribution is 0.0101. The molecule has 0 bridgehead atoms. The Balaban J connectivity index is 2.76. The van der Waals surface area contributed by atoms with Crippen LogP contribution in [0.15, 0.2) is 30.3 Å². The quantitative estimate of drug-likeness (QED) is 0.780. The molecular weight excluding hydrogens is 216 g/mol. The van der Waals surface area contributed by atoms with Crippen molar-refractivity contribution in [2.75, 3.05) is 12.9 Å². The van der Waals surface area contributed by atoms with Gasteiger partial charge in [-0.1, -0.05) is 30.3 Å². The van der Waals surface area contributed by atoms with Gasteiger partial charge in [0.15, 0.2) is 0 Å². The van der Waals surface area contributed by atoms with E-state index in [0.29, 0.717) is 5.56 Å². The Hall–Kier alpha value is -0.910. The number of benzene rings is 1. The van der Waals surface area contributed by atoms with Gasteiger partial charge in [-0.15, -0.1) is 0 Å². The Morgan fingerprint density at radius 3 is 2.33 bits per heavy atom. The highest BCUT2D eigenvalue weighted by Crippen LogP contribution is 2.20. The zero-order chi connectivity index (χ0) is 11.5. The van der Waals surface area contributed by atoms with Crippen LogP contribution < -0.4 is 0 Å². The molecule has 5 heteroatoms. The fourth-order valence-electron chi connectivity index (χ4n) is 1.10. The van der Waals surface area contributed by atoms with Gasteiger partial charge in [0.2, 0.25) is 0 Å². The van der Waals surface area contributed by atoms with E-state index in [0.717, 1.165) is 6.26 Å². The third-order valence-corrected chi connectivity index (χ3v) is 2.50. The Kier molecular flexibility index (Phi) is 3.49. The average molecular weight is 230 g/mol. The van der Waals surface area contributed by atoms with Crippen LogP contribution in [0.3, 0.4) is 0 Å². The molecule has 15 heavy (non-hydrogen) atoms. The first-order chi connectivity index (χ1) is 6.81. The molecule has 0 saturated carbocycles. The van der Waals surface area contributed by atoms with E-state index in [1.165, 1.54) is 6.92 Å². The summed E-state index contributed by atoms with van der Waals surface area (Å²) in [7, 11) is -3.53. The lowest BCUT2D eigenvalue weighted by Gasteiger charge is -2.22. The summed E-state index contributed by atoms with van der Waals surface area (Å²) < 4.78 is 26.1. The van der Waals surface area contributed by atoms with Gasteiger partial charge in [0.1, 0.15) is 5.60 Å². The van der Waals surface area contributed by atoms with Crippen LogP contribution in [0.1, 0.15) is 12.5 Å². The van der Waals surface area contributed by atoms with Gasteiger partial charge in [-0.2, -0.15) is 8.42 Å². The van der Waals surface area contributed by atoms with Crippen molar-refractivity contribution in [1.82, 2.24) is 0 Å². The van der Waals surface area contributed by atoms with Crippen molar-refractivity contribution in [1.29, 1.82) is 0 Å². The molecule has 0 aliphatic heterocycles. The summed E-state index contributed by atoms with van der Waals surface area (Å²) in [5.41, 5.74) is -0.682. The van der Waals surface area contributed by atoms with Crippen molar-refractivity contribution in [3.63, 3.8) is 0 Å². The molecule has 1 atom stereocenters. The minimum absolute atomic E-state index is 0.282. The zero-order valence-corrected chi connectivity index (χ0v) is 9.49. The monoisotopic (exact) mass is 230 g/mol. The number of hydrogen-bond donors (Lipinski definition) is 1. The van der Waals surface area contributed by atoms with Crippen molar-refractivity contribution in [2.24, 2.45) is 0 Å². The van der Waals surface area contributed by atoms with Crippen LogP contribution in [0.4, 0.5) is 0 Å². The molecule has 0 aliphatic rings. The van der Waals surface area contributed by atoms with Crippen LogP contribution in [0.5, 0.6) is 0 Å². The molecule has 0 fully saturated rings. The Bertz CT molecular complexity index is 408. The summed E-state index contributed by atoms with van der Waals surface area (Å²) >= 11 is 0.